The molecule has 0 saturated carbocycles. The van der Waals surface area contributed by atoms with Crippen molar-refractivity contribution in [3.63, 3.8) is 0 Å². The second-order valence-corrected chi connectivity index (χ2v) is 8.77. The van der Waals surface area contributed by atoms with Crippen LogP contribution in [-0.4, -0.2) is 47.4 Å². The van der Waals surface area contributed by atoms with E-state index in [2.05, 4.69) is 29.5 Å². The van der Waals surface area contributed by atoms with Crippen molar-refractivity contribution in [2.45, 2.75) is 45.6 Å². The molecule has 3 rings (SSSR count). The van der Waals surface area contributed by atoms with Crippen molar-refractivity contribution in [2.75, 3.05) is 25.0 Å². The van der Waals surface area contributed by atoms with Crippen LogP contribution in [0.5, 0.6) is 0 Å². The molecule has 0 aliphatic carbocycles. The first-order chi connectivity index (χ1) is 14.9. The van der Waals surface area contributed by atoms with Gasteiger partial charge in [-0.3, -0.25) is 14.5 Å². The molecular weight excluding hydrogens is 422 g/mol. The Bertz CT molecular complexity index is 921. The highest BCUT2D eigenvalue weighted by Gasteiger charge is 2.30. The van der Waals surface area contributed by atoms with E-state index in [0.29, 0.717) is 29.5 Å². The van der Waals surface area contributed by atoms with E-state index >= 15 is 0 Å². The third kappa shape index (κ3) is 6.30. The van der Waals surface area contributed by atoms with Gasteiger partial charge in [0, 0.05) is 30.1 Å². The molecule has 0 radical (unpaired) electrons. The normalized spacial score (nSPS) is 19.2. The minimum atomic E-state index is -0.941. The summed E-state index contributed by atoms with van der Waals surface area (Å²) in [4.78, 5) is 31.3. The van der Waals surface area contributed by atoms with Gasteiger partial charge in [-0.05, 0) is 44.4 Å². The molecule has 1 fully saturated rings. The zero-order valence-electron chi connectivity index (χ0n) is 17.8. The number of amides is 2. The van der Waals surface area contributed by atoms with Crippen molar-refractivity contribution in [1.29, 1.82) is 0 Å². The van der Waals surface area contributed by atoms with Crippen LogP contribution >= 0.6 is 11.3 Å². The number of nitrogens with zero attached hydrogens (tertiary/aromatic N) is 2. The number of thiazole rings is 1. The highest BCUT2D eigenvalue weighted by atomic mass is 32.1. The van der Waals surface area contributed by atoms with Gasteiger partial charge in [-0.15, -0.1) is 11.3 Å². The molecule has 1 aromatic carbocycles. The maximum Gasteiger partial charge on any atom is 0.240 e. The Morgan fingerprint density at radius 3 is 2.81 bits per heavy atom. The Balaban J connectivity index is 1.55. The number of carbonyl (C=O) groups is 2. The number of anilines is 1. The summed E-state index contributed by atoms with van der Waals surface area (Å²) in [7, 11) is 0. The monoisotopic (exact) mass is 450 g/mol. The van der Waals surface area contributed by atoms with Gasteiger partial charge in [0.15, 0.2) is 16.8 Å². The number of hydrogen-bond acceptors (Lipinski definition) is 5. The van der Waals surface area contributed by atoms with Crippen molar-refractivity contribution >= 4 is 28.3 Å². The molecule has 6 nitrogen and oxygen atoms in total. The van der Waals surface area contributed by atoms with Crippen LogP contribution in [-0.2, 0) is 9.59 Å². The molecule has 2 aromatic rings. The molecular formula is C22H28F2N4O2S. The summed E-state index contributed by atoms with van der Waals surface area (Å²) in [5.74, 6) is -2.13. The molecule has 2 heterocycles. The molecule has 2 N–H and O–H groups in total. The summed E-state index contributed by atoms with van der Waals surface area (Å²) < 4.78 is 26.6. The summed E-state index contributed by atoms with van der Waals surface area (Å²) in [6.07, 6.45) is 3.67. The second kappa shape index (κ2) is 10.8. The quantitative estimate of drug-likeness (QED) is 0.595. The zero-order chi connectivity index (χ0) is 22.4. The lowest BCUT2D eigenvalue weighted by molar-refractivity contribution is -0.128. The van der Waals surface area contributed by atoms with Crippen molar-refractivity contribution in [3.05, 3.63) is 35.2 Å². The molecule has 2 atom stereocenters. The van der Waals surface area contributed by atoms with E-state index in [1.165, 1.54) is 17.4 Å². The molecule has 31 heavy (non-hydrogen) atoms. The van der Waals surface area contributed by atoms with Crippen molar-refractivity contribution in [1.82, 2.24) is 15.2 Å². The third-order valence-electron chi connectivity index (χ3n) is 5.52. The molecule has 2 amide bonds. The fourth-order valence-electron chi connectivity index (χ4n) is 3.61. The molecule has 9 heteroatoms. The maximum atomic E-state index is 13.5. The number of halogens is 2. The Hall–Kier alpha value is -2.39. The lowest BCUT2D eigenvalue weighted by Crippen LogP contribution is -2.49. The van der Waals surface area contributed by atoms with Gasteiger partial charge < -0.3 is 10.6 Å². The number of piperidine rings is 1. The first kappa shape index (κ1) is 23.3. The van der Waals surface area contributed by atoms with Crippen LogP contribution in [0.1, 0.15) is 39.5 Å². The smallest absolute Gasteiger partial charge is 0.240 e. The summed E-state index contributed by atoms with van der Waals surface area (Å²) >= 11 is 1.22. The Labute approximate surface area is 185 Å². The number of benzene rings is 1. The lowest BCUT2D eigenvalue weighted by atomic mass is 9.92. The highest BCUT2D eigenvalue weighted by molar-refractivity contribution is 7.14. The predicted molar refractivity (Wildman–Crippen MR) is 118 cm³/mol. The summed E-state index contributed by atoms with van der Waals surface area (Å²) in [6, 6.07) is 3.78. The van der Waals surface area contributed by atoms with E-state index < -0.39 is 11.6 Å². The number of aromatic nitrogens is 1. The number of rotatable bonds is 8. The van der Waals surface area contributed by atoms with Crippen LogP contribution in [0.25, 0.3) is 11.3 Å². The molecule has 1 saturated heterocycles. The topological polar surface area (TPSA) is 74.3 Å². The number of hydrogen-bond donors (Lipinski definition) is 2. The maximum absolute atomic E-state index is 13.5. The molecule has 1 aliphatic heterocycles. The zero-order valence-corrected chi connectivity index (χ0v) is 18.6. The summed E-state index contributed by atoms with van der Waals surface area (Å²) in [6.45, 7) is 5.54. The first-order valence-corrected chi connectivity index (χ1v) is 11.5. The average Bonchev–Trinajstić information content (AvgIpc) is 3.20. The van der Waals surface area contributed by atoms with Crippen molar-refractivity contribution in [3.8, 4) is 11.3 Å². The van der Waals surface area contributed by atoms with Crippen molar-refractivity contribution < 1.29 is 18.4 Å². The number of unbranched alkanes of at least 4 members (excludes halogenated alkanes) is 1. The minimum absolute atomic E-state index is 0.0573. The van der Waals surface area contributed by atoms with Gasteiger partial charge in [-0.25, -0.2) is 13.8 Å². The molecule has 168 valence electrons. The Kier molecular flexibility index (Phi) is 8.09. The minimum Gasteiger partial charge on any atom is -0.356 e. The largest absolute Gasteiger partial charge is 0.356 e. The average molecular weight is 451 g/mol. The Morgan fingerprint density at radius 1 is 1.26 bits per heavy atom. The van der Waals surface area contributed by atoms with Crippen LogP contribution in [0.4, 0.5) is 13.9 Å². The van der Waals surface area contributed by atoms with Crippen LogP contribution in [0.3, 0.4) is 0 Å². The van der Waals surface area contributed by atoms with Gasteiger partial charge in [0.25, 0.3) is 0 Å². The second-order valence-electron chi connectivity index (χ2n) is 7.91. The van der Waals surface area contributed by atoms with Gasteiger partial charge in [0.1, 0.15) is 0 Å². The fourth-order valence-corrected chi connectivity index (χ4v) is 4.34. The van der Waals surface area contributed by atoms with Crippen LogP contribution in [0, 0.1) is 17.6 Å². The van der Waals surface area contributed by atoms with Crippen molar-refractivity contribution in [2.24, 2.45) is 5.92 Å². The van der Waals surface area contributed by atoms with Gasteiger partial charge in [-0.1, -0.05) is 13.3 Å². The molecule has 2 unspecified atom stereocenters. The Morgan fingerprint density at radius 2 is 2.06 bits per heavy atom. The SMILES string of the molecule is CCCCNC(=O)C1CCC(C)N(CC(=O)Nc2nc(-c3ccc(F)c(F)c3)cs2)C1. The van der Waals surface area contributed by atoms with Gasteiger partial charge in [0.05, 0.1) is 18.2 Å². The van der Waals surface area contributed by atoms with E-state index in [4.69, 9.17) is 0 Å². The standard InChI is InChI=1S/C22H28F2N4O2S/c1-3-4-9-25-21(30)16-6-5-14(2)28(11-16)12-20(29)27-22-26-19(13-31-22)15-7-8-17(23)18(24)10-15/h7-8,10,13-14,16H,3-6,9,11-12H2,1-2H3,(H,25,30)(H,26,27,29). The highest BCUT2D eigenvalue weighted by Crippen LogP contribution is 2.26. The van der Waals surface area contributed by atoms with E-state index in [1.54, 1.807) is 5.38 Å². The number of nitrogens with one attached hydrogen (secondary N) is 2. The van der Waals surface area contributed by atoms with E-state index in [9.17, 15) is 18.4 Å². The summed E-state index contributed by atoms with van der Waals surface area (Å²) in [5.41, 5.74) is 0.909. The van der Waals surface area contributed by atoms with E-state index in [0.717, 1.165) is 37.8 Å². The number of carbonyl (C=O) groups excluding carboxylic acids is 2. The third-order valence-corrected chi connectivity index (χ3v) is 6.28. The molecule has 1 aromatic heterocycles. The van der Waals surface area contributed by atoms with E-state index in [1.807, 2.05) is 4.90 Å². The molecule has 0 spiro atoms. The van der Waals surface area contributed by atoms with Gasteiger partial charge in [-0.2, -0.15) is 0 Å². The van der Waals surface area contributed by atoms with E-state index in [-0.39, 0.29) is 30.3 Å². The van der Waals surface area contributed by atoms with Crippen LogP contribution < -0.4 is 10.6 Å². The summed E-state index contributed by atoms with van der Waals surface area (Å²) in [5, 5.41) is 7.83. The molecule has 0 bridgehead atoms. The van der Waals surface area contributed by atoms with Crippen LogP contribution in [0.15, 0.2) is 23.6 Å². The lowest BCUT2D eigenvalue weighted by Gasteiger charge is -2.36. The first-order valence-electron chi connectivity index (χ1n) is 10.6. The van der Waals surface area contributed by atoms with Gasteiger partial charge in [0.2, 0.25) is 11.8 Å². The fraction of sp³-hybridized carbons (Fsp3) is 0.500. The predicted octanol–water partition coefficient (Wildman–Crippen LogP) is 4.04. The molecule has 1 aliphatic rings. The number of likely N-dealkylation sites (tertiary alicyclic amines) is 1. The van der Waals surface area contributed by atoms with Gasteiger partial charge >= 0.3 is 0 Å². The van der Waals surface area contributed by atoms with Crippen LogP contribution in [0.2, 0.25) is 0 Å².